The van der Waals surface area contributed by atoms with Crippen LogP contribution in [0.5, 0.6) is 0 Å². The third-order valence-corrected chi connectivity index (χ3v) is 10.3. The van der Waals surface area contributed by atoms with Crippen molar-refractivity contribution in [1.82, 2.24) is 4.57 Å². The quantitative estimate of drug-likeness (QED) is 0.227. The Kier molecular flexibility index (Phi) is 4.80. The Morgan fingerprint density at radius 2 is 1.11 bits per heavy atom. The van der Waals surface area contributed by atoms with Gasteiger partial charge in [-0.25, -0.2) is 0 Å². The lowest BCUT2D eigenvalue weighted by atomic mass is 10.0. The topological polar surface area (TPSA) is 4.93 Å². The normalized spacial score (nSPS) is 12.2. The SMILES string of the molecule is c1ccc(-n2c3ccccc3c3cc(-c4cccc5c6ccccc6p(-c6ccccc6)c45)ccc32)cc1. The van der Waals surface area contributed by atoms with Crippen molar-refractivity contribution in [2.75, 3.05) is 0 Å². The zero-order valence-corrected chi connectivity index (χ0v) is 21.6. The first kappa shape index (κ1) is 21.5. The highest BCUT2D eigenvalue weighted by atomic mass is 31.1. The lowest BCUT2D eigenvalue weighted by Gasteiger charge is -2.10. The Morgan fingerprint density at radius 1 is 0.447 bits per heavy atom. The molecule has 2 heterocycles. The molecule has 0 amide bonds. The van der Waals surface area contributed by atoms with Crippen LogP contribution in [0.1, 0.15) is 0 Å². The summed E-state index contributed by atoms with van der Waals surface area (Å²) >= 11 is 0. The van der Waals surface area contributed by atoms with Gasteiger partial charge in [-0.15, -0.1) is 0 Å². The zero-order valence-electron chi connectivity index (χ0n) is 20.8. The van der Waals surface area contributed by atoms with Crippen molar-refractivity contribution >= 4 is 50.3 Å². The van der Waals surface area contributed by atoms with E-state index in [1.807, 2.05) is 0 Å². The molecule has 0 saturated heterocycles. The zero-order chi connectivity index (χ0) is 25.1. The van der Waals surface area contributed by atoms with Gasteiger partial charge in [0.05, 0.1) is 11.0 Å². The maximum Gasteiger partial charge on any atom is 0.0541 e. The van der Waals surface area contributed by atoms with Crippen LogP contribution >= 0.6 is 7.53 Å². The van der Waals surface area contributed by atoms with Crippen LogP contribution in [-0.4, -0.2) is 4.57 Å². The molecule has 178 valence electrons. The van der Waals surface area contributed by atoms with Crippen molar-refractivity contribution in [3.05, 3.63) is 146 Å². The fourth-order valence-corrected chi connectivity index (χ4v) is 8.89. The molecule has 0 aliphatic rings. The first-order chi connectivity index (χ1) is 18.9. The fraction of sp³-hybridized carbons (Fsp3) is 0. The third kappa shape index (κ3) is 3.13. The van der Waals surface area contributed by atoms with Gasteiger partial charge in [0.2, 0.25) is 0 Å². The van der Waals surface area contributed by atoms with Crippen LogP contribution in [0.25, 0.3) is 64.9 Å². The van der Waals surface area contributed by atoms with Gasteiger partial charge in [-0.05, 0) is 57.5 Å². The minimum Gasteiger partial charge on any atom is -0.309 e. The molecule has 8 rings (SSSR count). The predicted molar refractivity (Wildman–Crippen MR) is 165 cm³/mol. The first-order valence-corrected chi connectivity index (χ1v) is 14.4. The second kappa shape index (κ2) is 8.48. The number of hydrogen-bond acceptors (Lipinski definition) is 0. The lowest BCUT2D eigenvalue weighted by Crippen LogP contribution is -1.92. The van der Waals surface area contributed by atoms with Gasteiger partial charge in [-0.3, -0.25) is 0 Å². The summed E-state index contributed by atoms with van der Waals surface area (Å²) < 4.78 is 2.39. The van der Waals surface area contributed by atoms with E-state index < -0.39 is 7.53 Å². The maximum absolute atomic E-state index is 2.41. The molecule has 1 unspecified atom stereocenters. The number of fused-ring (bicyclic) bond motifs is 6. The van der Waals surface area contributed by atoms with Crippen LogP contribution in [0.2, 0.25) is 0 Å². The number of nitrogens with zero attached hydrogens (tertiary/aromatic N) is 1. The second-order valence-electron chi connectivity index (χ2n) is 9.81. The van der Waals surface area contributed by atoms with E-state index in [4.69, 9.17) is 0 Å². The molecule has 1 atom stereocenters. The number of para-hydroxylation sites is 2. The molecular formula is C36H24NP. The van der Waals surface area contributed by atoms with Crippen molar-refractivity contribution in [3.63, 3.8) is 0 Å². The summed E-state index contributed by atoms with van der Waals surface area (Å²) in [6.07, 6.45) is 0. The minimum absolute atomic E-state index is 0.630. The number of benzene rings is 6. The molecule has 0 radical (unpaired) electrons. The molecule has 0 spiro atoms. The summed E-state index contributed by atoms with van der Waals surface area (Å²) in [5, 5.41) is 9.66. The Morgan fingerprint density at radius 3 is 1.95 bits per heavy atom. The van der Waals surface area contributed by atoms with Crippen molar-refractivity contribution in [1.29, 1.82) is 0 Å². The van der Waals surface area contributed by atoms with E-state index in [0.29, 0.717) is 0 Å². The maximum atomic E-state index is 2.41. The second-order valence-corrected chi connectivity index (χ2v) is 11.9. The van der Waals surface area contributed by atoms with Crippen LogP contribution < -0.4 is 0 Å². The number of hydrogen-bond donors (Lipinski definition) is 0. The van der Waals surface area contributed by atoms with Gasteiger partial charge in [-0.1, -0.05) is 123 Å². The van der Waals surface area contributed by atoms with Crippen LogP contribution in [0.3, 0.4) is 0 Å². The molecule has 2 heteroatoms. The van der Waals surface area contributed by atoms with E-state index in [2.05, 4.69) is 150 Å². The van der Waals surface area contributed by atoms with Crippen molar-refractivity contribution in [2.24, 2.45) is 0 Å². The average molecular weight is 502 g/mol. The molecule has 0 N–H and O–H groups in total. The summed E-state index contributed by atoms with van der Waals surface area (Å²) in [5.74, 6) is 0. The van der Waals surface area contributed by atoms with Crippen LogP contribution in [0.15, 0.2) is 146 Å². The molecule has 1 nitrogen and oxygen atoms in total. The first-order valence-electron chi connectivity index (χ1n) is 13.0. The molecule has 0 aliphatic heterocycles. The number of aromatic nitrogens is 1. The van der Waals surface area contributed by atoms with Crippen LogP contribution in [0, 0.1) is 0 Å². The van der Waals surface area contributed by atoms with Gasteiger partial charge >= 0.3 is 0 Å². The highest BCUT2D eigenvalue weighted by molar-refractivity contribution is 7.68. The van der Waals surface area contributed by atoms with Gasteiger partial charge in [0.25, 0.3) is 0 Å². The molecule has 6 aromatic carbocycles. The predicted octanol–water partition coefficient (Wildman–Crippen LogP) is 10.7. The summed E-state index contributed by atoms with van der Waals surface area (Å²) in [4.78, 5) is 0. The summed E-state index contributed by atoms with van der Waals surface area (Å²) in [6, 6.07) is 53.4. The monoisotopic (exact) mass is 501 g/mol. The van der Waals surface area contributed by atoms with Crippen LogP contribution in [0.4, 0.5) is 0 Å². The van der Waals surface area contributed by atoms with Gasteiger partial charge in [0.15, 0.2) is 0 Å². The highest BCUT2D eigenvalue weighted by Crippen LogP contribution is 2.57. The molecule has 38 heavy (non-hydrogen) atoms. The fourth-order valence-electron chi connectivity index (χ4n) is 6.09. The van der Waals surface area contributed by atoms with E-state index in [-0.39, 0.29) is 0 Å². The third-order valence-electron chi connectivity index (χ3n) is 7.71. The smallest absolute Gasteiger partial charge is 0.0541 e. The lowest BCUT2D eigenvalue weighted by molar-refractivity contribution is 1.18. The molecule has 0 aliphatic carbocycles. The van der Waals surface area contributed by atoms with Gasteiger partial charge in [0.1, 0.15) is 0 Å². The van der Waals surface area contributed by atoms with E-state index in [1.54, 1.807) is 0 Å². The van der Waals surface area contributed by atoms with Crippen molar-refractivity contribution in [3.8, 4) is 22.1 Å². The highest BCUT2D eigenvalue weighted by Gasteiger charge is 2.18. The Bertz CT molecular complexity index is 2110. The van der Waals surface area contributed by atoms with E-state index in [9.17, 15) is 0 Å². The van der Waals surface area contributed by atoms with Crippen molar-refractivity contribution in [2.45, 2.75) is 0 Å². The summed E-state index contributed by atoms with van der Waals surface area (Å²) in [6.45, 7) is 0. The largest absolute Gasteiger partial charge is 0.309 e. The number of rotatable bonds is 3. The molecule has 0 bridgehead atoms. The van der Waals surface area contributed by atoms with E-state index >= 15 is 0 Å². The Balaban J connectivity index is 1.46. The molecular weight excluding hydrogens is 477 g/mol. The standard InChI is InChI=1S/C36H24NP/c1-3-12-26(13-4-1)37-33-20-9-7-16-29(33)32-24-25(22-23-34(32)37)28-18-11-19-31-30-17-8-10-21-35(30)38(36(28)31)27-14-5-2-6-15-27/h1-24H. The van der Waals surface area contributed by atoms with Crippen LogP contribution in [-0.2, 0) is 0 Å². The van der Waals surface area contributed by atoms with Gasteiger partial charge in [-0.2, -0.15) is 0 Å². The van der Waals surface area contributed by atoms with Gasteiger partial charge < -0.3 is 4.57 Å². The molecule has 0 fully saturated rings. The summed E-state index contributed by atoms with van der Waals surface area (Å²) in [5.41, 5.74) is 6.29. The summed E-state index contributed by atoms with van der Waals surface area (Å²) in [7, 11) is -0.630. The van der Waals surface area contributed by atoms with E-state index in [1.165, 1.54) is 64.9 Å². The Hall–Kier alpha value is -4.58. The molecule has 2 aromatic heterocycles. The molecule has 0 saturated carbocycles. The minimum atomic E-state index is -0.630. The van der Waals surface area contributed by atoms with Crippen molar-refractivity contribution < 1.29 is 0 Å². The molecule has 8 aromatic rings. The van der Waals surface area contributed by atoms with E-state index in [0.717, 1.165) is 0 Å². The average Bonchev–Trinajstić information content (AvgIpc) is 3.51. The van der Waals surface area contributed by atoms with Gasteiger partial charge in [0, 0.05) is 26.7 Å². The Labute approximate surface area is 222 Å².